The molecule has 0 bridgehead atoms. The zero-order chi connectivity index (χ0) is 24.1. The zero-order valence-electron chi connectivity index (χ0n) is 16.5. The van der Waals surface area contributed by atoms with E-state index in [9.17, 15) is 39.6 Å². The van der Waals surface area contributed by atoms with Crippen molar-refractivity contribution in [3.63, 3.8) is 0 Å². The van der Waals surface area contributed by atoms with Gasteiger partial charge in [-0.05, 0) is 44.2 Å². The number of carbonyl (C=O) groups is 1. The van der Waals surface area contributed by atoms with Gasteiger partial charge in [0, 0.05) is 0 Å². The molecule has 0 saturated carbocycles. The largest absolute Gasteiger partial charge is 0.442 e. The van der Waals surface area contributed by atoms with E-state index in [1.807, 2.05) is 0 Å². The Morgan fingerprint density at radius 3 is 2.22 bits per heavy atom. The number of amides is 1. The summed E-state index contributed by atoms with van der Waals surface area (Å²) in [5.41, 5.74) is -2.40. The monoisotopic (exact) mass is 482 g/mol. The zero-order valence-corrected chi connectivity index (χ0v) is 17.3. The van der Waals surface area contributed by atoms with E-state index in [4.69, 9.17) is 4.74 Å². The maximum atomic E-state index is 13.1. The summed E-state index contributed by atoms with van der Waals surface area (Å²) in [4.78, 5) is 15.8. The van der Waals surface area contributed by atoms with Crippen LogP contribution in [0.4, 0.5) is 36.8 Å². The lowest BCUT2D eigenvalue weighted by molar-refractivity contribution is -0.141. The van der Waals surface area contributed by atoms with Gasteiger partial charge in [-0.2, -0.15) is 26.3 Å². The number of hydrogen-bond acceptors (Lipinski definition) is 5. The van der Waals surface area contributed by atoms with Crippen molar-refractivity contribution in [2.75, 3.05) is 11.4 Å². The number of nitrogens with zero attached hydrogens (tertiary/aromatic N) is 2. The molecule has 1 aliphatic heterocycles. The molecule has 1 saturated heterocycles. The first-order valence-corrected chi connectivity index (χ1v) is 10.5. The molecule has 0 spiro atoms. The highest BCUT2D eigenvalue weighted by atomic mass is 32.2. The summed E-state index contributed by atoms with van der Waals surface area (Å²) in [6.45, 7) is 2.02. The van der Waals surface area contributed by atoms with Gasteiger partial charge in [0.05, 0.1) is 28.9 Å². The van der Waals surface area contributed by atoms with Crippen LogP contribution in [0.3, 0.4) is 0 Å². The third-order valence-corrected chi connectivity index (χ3v) is 7.62. The number of hydrogen-bond donors (Lipinski definition) is 0. The van der Waals surface area contributed by atoms with Crippen LogP contribution in [0.15, 0.2) is 47.5 Å². The first-order valence-electron chi connectivity index (χ1n) is 8.98. The minimum absolute atomic E-state index is 0.0576. The van der Waals surface area contributed by atoms with Gasteiger partial charge >= 0.3 is 18.4 Å². The lowest BCUT2D eigenvalue weighted by Gasteiger charge is -2.29. The summed E-state index contributed by atoms with van der Waals surface area (Å²) in [5.74, 6) is 0. The highest BCUT2D eigenvalue weighted by Gasteiger charge is 2.50. The van der Waals surface area contributed by atoms with Gasteiger partial charge in [-0.3, -0.25) is 4.90 Å². The van der Waals surface area contributed by atoms with E-state index in [2.05, 4.69) is 4.98 Å². The minimum Gasteiger partial charge on any atom is -0.442 e. The molecule has 1 fully saturated rings. The van der Waals surface area contributed by atoms with E-state index in [-0.39, 0.29) is 12.2 Å². The number of rotatable bonds is 4. The molecule has 0 unspecified atom stereocenters. The molecule has 13 heteroatoms. The molecule has 1 aromatic carbocycles. The average Bonchev–Trinajstić information content (AvgIpc) is 3.09. The number of sulfone groups is 1. The van der Waals surface area contributed by atoms with Crippen LogP contribution < -0.4 is 4.90 Å². The fourth-order valence-electron chi connectivity index (χ4n) is 3.07. The maximum absolute atomic E-state index is 13.1. The van der Waals surface area contributed by atoms with Gasteiger partial charge in [0.15, 0.2) is 9.84 Å². The highest BCUT2D eigenvalue weighted by Crippen LogP contribution is 2.37. The van der Waals surface area contributed by atoms with Crippen molar-refractivity contribution >= 4 is 21.6 Å². The SMILES string of the molecule is CC(C)([C@H]1CN(c2ccc(C(F)(F)F)nc2)C(=O)O1)S(=O)(=O)c1cccc(C(F)(F)F)c1. The molecule has 0 N–H and O–H groups in total. The molecule has 1 aliphatic rings. The van der Waals surface area contributed by atoms with Crippen LogP contribution in [0.5, 0.6) is 0 Å². The smallest absolute Gasteiger partial charge is 0.433 e. The quantitative estimate of drug-likeness (QED) is 0.591. The lowest BCUT2D eigenvalue weighted by atomic mass is 10.1. The summed E-state index contributed by atoms with van der Waals surface area (Å²) in [7, 11) is -4.43. The molecule has 2 heterocycles. The van der Waals surface area contributed by atoms with Crippen molar-refractivity contribution in [2.24, 2.45) is 0 Å². The number of alkyl halides is 6. The predicted molar refractivity (Wildman–Crippen MR) is 99.6 cm³/mol. The summed E-state index contributed by atoms with van der Waals surface area (Å²) < 4.78 is 107. The Morgan fingerprint density at radius 2 is 1.69 bits per heavy atom. The van der Waals surface area contributed by atoms with Crippen LogP contribution in [0.2, 0.25) is 0 Å². The molecule has 2 aromatic rings. The summed E-state index contributed by atoms with van der Waals surface area (Å²) in [6.07, 6.45) is -11.0. The number of anilines is 1. The third kappa shape index (κ3) is 4.25. The maximum Gasteiger partial charge on any atom is 0.433 e. The van der Waals surface area contributed by atoms with Gasteiger partial charge in [-0.25, -0.2) is 18.2 Å². The number of cyclic esters (lactones) is 1. The topological polar surface area (TPSA) is 76.6 Å². The van der Waals surface area contributed by atoms with Crippen molar-refractivity contribution in [1.82, 2.24) is 4.98 Å². The van der Waals surface area contributed by atoms with Crippen molar-refractivity contribution in [3.05, 3.63) is 53.9 Å². The molecular weight excluding hydrogens is 466 g/mol. The number of aromatic nitrogens is 1. The van der Waals surface area contributed by atoms with Crippen molar-refractivity contribution in [1.29, 1.82) is 0 Å². The van der Waals surface area contributed by atoms with E-state index in [0.29, 0.717) is 12.1 Å². The van der Waals surface area contributed by atoms with Crippen LogP contribution in [-0.4, -0.2) is 36.9 Å². The van der Waals surface area contributed by atoms with E-state index in [1.54, 1.807) is 0 Å². The van der Waals surface area contributed by atoms with Crippen LogP contribution in [0.25, 0.3) is 0 Å². The van der Waals surface area contributed by atoms with Crippen LogP contribution in [0.1, 0.15) is 25.1 Å². The van der Waals surface area contributed by atoms with Crippen molar-refractivity contribution in [2.45, 2.75) is 41.9 Å². The van der Waals surface area contributed by atoms with Crippen LogP contribution >= 0.6 is 0 Å². The molecule has 1 amide bonds. The molecule has 32 heavy (non-hydrogen) atoms. The first-order chi connectivity index (χ1) is 14.5. The summed E-state index contributed by atoms with van der Waals surface area (Å²) in [6, 6.07) is 4.80. The fourth-order valence-corrected chi connectivity index (χ4v) is 4.68. The molecule has 0 radical (unpaired) electrons. The van der Waals surface area contributed by atoms with Gasteiger partial charge in [0.1, 0.15) is 16.5 Å². The van der Waals surface area contributed by atoms with Gasteiger partial charge in [0.25, 0.3) is 0 Å². The van der Waals surface area contributed by atoms with Gasteiger partial charge in [0.2, 0.25) is 0 Å². The van der Waals surface area contributed by atoms with E-state index >= 15 is 0 Å². The van der Waals surface area contributed by atoms with E-state index in [1.165, 1.54) is 13.8 Å². The van der Waals surface area contributed by atoms with E-state index < -0.39 is 55.3 Å². The Hall–Kier alpha value is -2.83. The highest BCUT2D eigenvalue weighted by molar-refractivity contribution is 7.92. The van der Waals surface area contributed by atoms with Crippen LogP contribution in [0, 0.1) is 0 Å². The predicted octanol–water partition coefficient (Wildman–Crippen LogP) is 4.70. The Kier molecular flexibility index (Phi) is 5.69. The van der Waals surface area contributed by atoms with Crippen molar-refractivity contribution < 1.29 is 44.3 Å². The second-order valence-corrected chi connectivity index (χ2v) is 10.0. The van der Waals surface area contributed by atoms with Gasteiger partial charge < -0.3 is 4.74 Å². The van der Waals surface area contributed by atoms with Crippen LogP contribution in [-0.2, 0) is 26.9 Å². The Labute approximate surface area is 178 Å². The molecule has 6 nitrogen and oxygen atoms in total. The number of halogens is 6. The molecule has 1 aromatic heterocycles. The minimum atomic E-state index is -4.76. The second-order valence-electron chi connectivity index (χ2n) is 7.51. The lowest BCUT2D eigenvalue weighted by Crippen LogP contribution is -2.46. The number of pyridine rings is 1. The number of ether oxygens (including phenoxy) is 1. The number of carbonyl (C=O) groups excluding carboxylic acids is 1. The normalized spacial score (nSPS) is 18.1. The Balaban J connectivity index is 1.89. The summed E-state index contributed by atoms with van der Waals surface area (Å²) >= 11 is 0. The Bertz CT molecular complexity index is 1130. The number of benzene rings is 1. The average molecular weight is 482 g/mol. The first kappa shape index (κ1) is 23.8. The van der Waals surface area contributed by atoms with Crippen molar-refractivity contribution in [3.8, 4) is 0 Å². The Morgan fingerprint density at radius 1 is 1.03 bits per heavy atom. The standard InChI is InChI=1S/C19H16F6N2O4S/c1-17(2,32(29,30)13-5-3-4-11(8-13)18(20,21)22)15-10-27(16(28)31-15)12-6-7-14(26-9-12)19(23,24)25/h3-9,15H,10H2,1-2H3/t15-/m1/s1. The molecule has 0 aliphatic carbocycles. The molecular formula is C19H16F6N2O4S. The fraction of sp³-hybridized carbons (Fsp3) is 0.368. The second kappa shape index (κ2) is 7.64. The molecule has 174 valence electrons. The van der Waals surface area contributed by atoms with Gasteiger partial charge in [-0.15, -0.1) is 0 Å². The molecule has 3 rings (SSSR count). The summed E-state index contributed by atoms with van der Waals surface area (Å²) in [5, 5.41) is 0. The van der Waals surface area contributed by atoms with E-state index in [0.717, 1.165) is 35.4 Å². The van der Waals surface area contributed by atoms with Gasteiger partial charge in [-0.1, -0.05) is 6.07 Å². The third-order valence-electron chi connectivity index (χ3n) is 5.10. The molecule has 1 atom stereocenters.